The number of ether oxygens (including phenoxy) is 3. The first-order valence-corrected chi connectivity index (χ1v) is 6.97. The molecule has 3 rings (SSSR count). The molecule has 116 valence electrons. The number of nitrogens with zero attached hydrogens (tertiary/aromatic N) is 2. The smallest absolute Gasteiger partial charge is 0.338 e. The average molecular weight is 304 g/mol. The molecule has 7 heteroatoms. The van der Waals surface area contributed by atoms with Crippen molar-refractivity contribution < 1.29 is 23.8 Å². The van der Waals surface area contributed by atoms with Gasteiger partial charge in [0.1, 0.15) is 12.7 Å². The van der Waals surface area contributed by atoms with Gasteiger partial charge < -0.3 is 19.1 Å². The molecule has 7 nitrogen and oxygen atoms in total. The van der Waals surface area contributed by atoms with E-state index in [1.807, 2.05) is 11.0 Å². The highest BCUT2D eigenvalue weighted by molar-refractivity contribution is 5.89. The second-order valence-electron chi connectivity index (χ2n) is 5.06. The molecule has 0 saturated carbocycles. The fourth-order valence-electron chi connectivity index (χ4n) is 2.25. The highest BCUT2D eigenvalue weighted by atomic mass is 16.6. The Hall–Kier alpha value is -2.57. The van der Waals surface area contributed by atoms with Crippen LogP contribution < -0.4 is 0 Å². The number of carbonyl (C=O) groups excluding carboxylic acids is 2. The first-order chi connectivity index (χ1) is 10.7. The molecule has 1 unspecified atom stereocenters. The summed E-state index contributed by atoms with van der Waals surface area (Å²) in [5.74, 6) is -0.755. The van der Waals surface area contributed by atoms with Crippen molar-refractivity contribution in [3.63, 3.8) is 0 Å². The largest absolute Gasteiger partial charge is 0.467 e. The van der Waals surface area contributed by atoms with Gasteiger partial charge in [-0.2, -0.15) is 0 Å². The average Bonchev–Trinajstić information content (AvgIpc) is 2.99. The van der Waals surface area contributed by atoms with Crippen LogP contribution in [0.15, 0.2) is 35.3 Å². The molecule has 0 bridgehead atoms. The molecule has 0 amide bonds. The first-order valence-electron chi connectivity index (χ1n) is 6.97. The molecule has 2 heterocycles. The normalized spacial score (nSPS) is 20.7. The zero-order valence-corrected chi connectivity index (χ0v) is 12.1. The number of esters is 2. The number of methoxy groups -OCH3 is 1. The van der Waals surface area contributed by atoms with Crippen molar-refractivity contribution in [2.45, 2.75) is 12.1 Å². The Morgan fingerprint density at radius 3 is 2.68 bits per heavy atom. The van der Waals surface area contributed by atoms with Crippen LogP contribution in [0.4, 0.5) is 0 Å². The van der Waals surface area contributed by atoms with Crippen molar-refractivity contribution in [2.24, 2.45) is 4.99 Å². The van der Waals surface area contributed by atoms with Crippen LogP contribution in [0, 0.1) is 0 Å². The zero-order chi connectivity index (χ0) is 15.5. The first kappa shape index (κ1) is 14.4. The van der Waals surface area contributed by atoms with E-state index in [4.69, 9.17) is 9.47 Å². The highest BCUT2D eigenvalue weighted by Crippen LogP contribution is 2.18. The molecule has 2 aliphatic rings. The lowest BCUT2D eigenvalue weighted by atomic mass is 10.2. The van der Waals surface area contributed by atoms with Crippen molar-refractivity contribution in [2.75, 3.05) is 26.8 Å². The van der Waals surface area contributed by atoms with Crippen molar-refractivity contribution in [1.29, 1.82) is 0 Å². The van der Waals surface area contributed by atoms with Crippen molar-refractivity contribution in [3.8, 4) is 0 Å². The number of likely N-dealkylation sites (tertiary alicyclic amines) is 1. The van der Waals surface area contributed by atoms with Crippen LogP contribution in [0.2, 0.25) is 0 Å². The summed E-state index contributed by atoms with van der Waals surface area (Å²) in [6, 6.07) is 8.65. The van der Waals surface area contributed by atoms with Gasteiger partial charge in [0.15, 0.2) is 6.04 Å². The Bertz CT molecular complexity index is 595. The number of hydrogen-bond donors (Lipinski definition) is 0. The van der Waals surface area contributed by atoms with Crippen molar-refractivity contribution in [3.05, 3.63) is 35.9 Å². The minimum Gasteiger partial charge on any atom is -0.467 e. The van der Waals surface area contributed by atoms with E-state index in [0.29, 0.717) is 24.7 Å². The van der Waals surface area contributed by atoms with Gasteiger partial charge in [0.05, 0.1) is 25.8 Å². The lowest BCUT2D eigenvalue weighted by Gasteiger charge is -2.38. The molecule has 0 N–H and O–H groups in total. The SMILES string of the molecule is COC(=O)C1COC(N2CC(OC(=O)c3ccccc3)C2)=N1. The third-order valence-corrected chi connectivity index (χ3v) is 3.51. The Morgan fingerprint density at radius 2 is 2.00 bits per heavy atom. The predicted molar refractivity (Wildman–Crippen MR) is 76.4 cm³/mol. The van der Waals surface area contributed by atoms with Crippen molar-refractivity contribution >= 4 is 18.0 Å². The van der Waals surface area contributed by atoms with Crippen LogP contribution in [0.5, 0.6) is 0 Å². The highest BCUT2D eigenvalue weighted by Gasteiger charge is 2.37. The summed E-state index contributed by atoms with van der Waals surface area (Å²) >= 11 is 0. The van der Waals surface area contributed by atoms with Crippen molar-refractivity contribution in [1.82, 2.24) is 4.90 Å². The van der Waals surface area contributed by atoms with Gasteiger partial charge in [0.25, 0.3) is 6.02 Å². The maximum absolute atomic E-state index is 11.9. The van der Waals surface area contributed by atoms with Gasteiger partial charge in [-0.1, -0.05) is 18.2 Å². The molecule has 1 aromatic rings. The molecule has 22 heavy (non-hydrogen) atoms. The molecule has 0 spiro atoms. The van der Waals surface area contributed by atoms with Gasteiger partial charge in [-0.15, -0.1) is 0 Å². The molecular formula is C15H16N2O5. The number of rotatable bonds is 3. The third kappa shape index (κ3) is 2.88. The number of benzene rings is 1. The summed E-state index contributed by atoms with van der Waals surface area (Å²) in [5.41, 5.74) is 0.529. The lowest BCUT2D eigenvalue weighted by Crippen LogP contribution is -2.55. The van der Waals surface area contributed by atoms with E-state index in [1.54, 1.807) is 24.3 Å². The predicted octanol–water partition coefficient (Wildman–Crippen LogP) is 0.455. The molecule has 1 aromatic carbocycles. The van der Waals surface area contributed by atoms with Gasteiger partial charge in [0, 0.05) is 0 Å². The van der Waals surface area contributed by atoms with E-state index in [1.165, 1.54) is 7.11 Å². The molecule has 1 fully saturated rings. The quantitative estimate of drug-likeness (QED) is 0.755. The van der Waals surface area contributed by atoms with Crippen LogP contribution >= 0.6 is 0 Å². The van der Waals surface area contributed by atoms with E-state index >= 15 is 0 Å². The van der Waals surface area contributed by atoms with E-state index in [-0.39, 0.29) is 18.7 Å². The minimum absolute atomic E-state index is 0.187. The maximum Gasteiger partial charge on any atom is 0.338 e. The second-order valence-corrected chi connectivity index (χ2v) is 5.06. The van der Waals surface area contributed by atoms with E-state index in [0.717, 1.165) is 0 Å². The third-order valence-electron chi connectivity index (χ3n) is 3.51. The molecule has 0 aliphatic carbocycles. The molecule has 1 atom stereocenters. The molecule has 0 radical (unpaired) electrons. The maximum atomic E-state index is 11.9. The Kier molecular flexibility index (Phi) is 3.95. The van der Waals surface area contributed by atoms with E-state index in [9.17, 15) is 9.59 Å². The number of amidine groups is 1. The summed E-state index contributed by atoms with van der Waals surface area (Å²) in [6.45, 7) is 1.20. The number of carbonyl (C=O) groups is 2. The number of aliphatic imine (C=N–C) groups is 1. The van der Waals surface area contributed by atoms with Gasteiger partial charge in [-0.3, -0.25) is 0 Å². The lowest BCUT2D eigenvalue weighted by molar-refractivity contribution is -0.142. The van der Waals surface area contributed by atoms with Crippen LogP contribution in [-0.2, 0) is 19.0 Å². The summed E-state index contributed by atoms with van der Waals surface area (Å²) in [4.78, 5) is 29.2. The van der Waals surface area contributed by atoms with E-state index in [2.05, 4.69) is 9.73 Å². The molecule has 2 aliphatic heterocycles. The fraction of sp³-hybridized carbons (Fsp3) is 0.400. The molecule has 1 saturated heterocycles. The second kappa shape index (κ2) is 6.05. The topological polar surface area (TPSA) is 77.4 Å². The van der Waals surface area contributed by atoms with Gasteiger partial charge in [-0.25, -0.2) is 14.6 Å². The van der Waals surface area contributed by atoms with Gasteiger partial charge >= 0.3 is 11.9 Å². The zero-order valence-electron chi connectivity index (χ0n) is 12.1. The monoisotopic (exact) mass is 304 g/mol. The summed E-state index contributed by atoms with van der Waals surface area (Å²) in [5, 5.41) is 0. The molecule has 0 aromatic heterocycles. The van der Waals surface area contributed by atoms with Crippen LogP contribution in [0.1, 0.15) is 10.4 Å². The fourth-order valence-corrected chi connectivity index (χ4v) is 2.25. The molecular weight excluding hydrogens is 288 g/mol. The summed E-state index contributed by atoms with van der Waals surface area (Å²) < 4.78 is 15.4. The Balaban J connectivity index is 1.49. The van der Waals surface area contributed by atoms with Crippen LogP contribution in [0.25, 0.3) is 0 Å². The number of hydrogen-bond acceptors (Lipinski definition) is 7. The van der Waals surface area contributed by atoms with Crippen LogP contribution in [0.3, 0.4) is 0 Å². The van der Waals surface area contributed by atoms with Gasteiger partial charge in [-0.05, 0) is 12.1 Å². The standard InChI is InChI=1S/C15H16N2O5/c1-20-14(19)12-9-21-15(16-12)17-7-11(8-17)22-13(18)10-5-3-2-4-6-10/h2-6,11-12H,7-9H2,1H3. The summed E-state index contributed by atoms with van der Waals surface area (Å²) in [6.07, 6.45) is -0.198. The Labute approximate surface area is 127 Å². The minimum atomic E-state index is -0.606. The van der Waals surface area contributed by atoms with Gasteiger partial charge in [0.2, 0.25) is 0 Å². The van der Waals surface area contributed by atoms with E-state index < -0.39 is 12.0 Å². The van der Waals surface area contributed by atoms with Crippen LogP contribution in [-0.4, -0.2) is 61.8 Å². The summed E-state index contributed by atoms with van der Waals surface area (Å²) in [7, 11) is 1.32. The Morgan fingerprint density at radius 1 is 1.27 bits per heavy atom.